The Balaban J connectivity index is 2.27. The van der Waals surface area contributed by atoms with E-state index in [4.69, 9.17) is 5.73 Å². The van der Waals surface area contributed by atoms with Crippen LogP contribution in [0.4, 0.5) is 11.4 Å². The summed E-state index contributed by atoms with van der Waals surface area (Å²) in [5.74, 6) is -0.920. The summed E-state index contributed by atoms with van der Waals surface area (Å²) in [6, 6.07) is 5.20. The number of nitrogens with two attached hydrogens (primary N) is 1. The molecule has 1 fully saturated rings. The smallest absolute Gasteiger partial charge is 0.337 e. The molecule has 1 aromatic rings. The van der Waals surface area contributed by atoms with E-state index in [1.54, 1.807) is 18.2 Å². The number of aromatic carboxylic acids is 1. The monoisotopic (exact) mass is 262 g/mol. The van der Waals surface area contributed by atoms with Gasteiger partial charge >= 0.3 is 5.97 Å². The van der Waals surface area contributed by atoms with Gasteiger partial charge in [-0.3, -0.25) is 0 Å². The Bertz CT molecular complexity index is 483. The van der Waals surface area contributed by atoms with Crippen molar-refractivity contribution < 1.29 is 9.90 Å². The Kier molecular flexibility index (Phi) is 3.69. The molecule has 1 unspecified atom stereocenters. The van der Waals surface area contributed by atoms with Crippen molar-refractivity contribution in [2.24, 2.45) is 5.41 Å². The van der Waals surface area contributed by atoms with E-state index in [1.165, 1.54) is 12.8 Å². The summed E-state index contributed by atoms with van der Waals surface area (Å²) in [6.07, 6.45) is 4.66. The summed E-state index contributed by atoms with van der Waals surface area (Å²) in [5, 5.41) is 12.6. The van der Waals surface area contributed by atoms with Gasteiger partial charge < -0.3 is 16.2 Å². The third-order valence-corrected chi connectivity index (χ3v) is 4.11. The zero-order chi connectivity index (χ0) is 14.0. The van der Waals surface area contributed by atoms with Gasteiger partial charge in [-0.25, -0.2) is 4.79 Å². The van der Waals surface area contributed by atoms with E-state index in [9.17, 15) is 9.90 Å². The van der Waals surface area contributed by atoms with Crippen LogP contribution in [0.5, 0.6) is 0 Å². The third-order valence-electron chi connectivity index (χ3n) is 4.11. The molecule has 0 saturated heterocycles. The van der Waals surface area contributed by atoms with Crippen LogP contribution in [0.15, 0.2) is 18.2 Å². The lowest BCUT2D eigenvalue weighted by atomic mass is 9.73. The van der Waals surface area contributed by atoms with Gasteiger partial charge in [0, 0.05) is 11.7 Å². The molecule has 1 aliphatic carbocycles. The van der Waals surface area contributed by atoms with Gasteiger partial charge in [0.15, 0.2) is 0 Å². The van der Waals surface area contributed by atoms with E-state index in [2.05, 4.69) is 19.2 Å². The highest BCUT2D eigenvalue weighted by atomic mass is 16.4. The van der Waals surface area contributed by atoms with Gasteiger partial charge in [0.2, 0.25) is 0 Å². The first kappa shape index (κ1) is 13.7. The minimum Gasteiger partial charge on any atom is -0.478 e. The molecule has 1 aliphatic rings. The van der Waals surface area contributed by atoms with E-state index >= 15 is 0 Å². The van der Waals surface area contributed by atoms with Gasteiger partial charge in [-0.15, -0.1) is 0 Å². The largest absolute Gasteiger partial charge is 0.478 e. The molecule has 4 N–H and O–H groups in total. The van der Waals surface area contributed by atoms with Gasteiger partial charge in [-0.05, 0) is 36.5 Å². The number of hydrogen-bond donors (Lipinski definition) is 3. The lowest BCUT2D eigenvalue weighted by Gasteiger charge is -2.40. The van der Waals surface area contributed by atoms with Crippen molar-refractivity contribution >= 4 is 17.3 Å². The van der Waals surface area contributed by atoms with E-state index in [0.29, 0.717) is 17.4 Å². The summed E-state index contributed by atoms with van der Waals surface area (Å²) in [6.45, 7) is 4.47. The van der Waals surface area contributed by atoms with Crippen molar-refractivity contribution in [2.45, 2.75) is 45.6 Å². The molecule has 0 aromatic heterocycles. The summed E-state index contributed by atoms with van der Waals surface area (Å²) >= 11 is 0. The highest BCUT2D eigenvalue weighted by Gasteiger charge is 2.32. The number of carbonyl (C=O) groups is 1. The quantitative estimate of drug-likeness (QED) is 0.730. The maximum atomic E-state index is 11.3. The first-order valence-corrected chi connectivity index (χ1v) is 6.79. The second kappa shape index (κ2) is 5.11. The number of nitrogen functional groups attached to an aromatic ring is 1. The van der Waals surface area contributed by atoms with E-state index in [1.807, 2.05) is 0 Å². The minimum absolute atomic E-state index is 0.179. The van der Waals surface area contributed by atoms with Crippen molar-refractivity contribution in [1.29, 1.82) is 0 Å². The fourth-order valence-electron chi connectivity index (χ4n) is 2.82. The summed E-state index contributed by atoms with van der Waals surface area (Å²) in [7, 11) is 0. The SMILES string of the molecule is CC1(C)CCCCC1Nc1cc(N)ccc1C(=O)O. The molecule has 1 atom stereocenters. The zero-order valence-corrected chi connectivity index (χ0v) is 11.6. The summed E-state index contributed by atoms with van der Waals surface area (Å²) in [4.78, 5) is 11.3. The van der Waals surface area contributed by atoms with Crippen molar-refractivity contribution in [3.05, 3.63) is 23.8 Å². The topological polar surface area (TPSA) is 75.3 Å². The molecule has 4 heteroatoms. The minimum atomic E-state index is -0.920. The number of anilines is 2. The second-order valence-corrected chi connectivity index (χ2v) is 6.04. The van der Waals surface area contributed by atoms with E-state index in [0.717, 1.165) is 12.8 Å². The average molecular weight is 262 g/mol. The summed E-state index contributed by atoms with van der Waals surface area (Å²) < 4.78 is 0. The molecule has 2 rings (SSSR count). The van der Waals surface area contributed by atoms with Crippen LogP contribution in [0.2, 0.25) is 0 Å². The Labute approximate surface area is 114 Å². The van der Waals surface area contributed by atoms with Crippen molar-refractivity contribution in [1.82, 2.24) is 0 Å². The molecule has 19 heavy (non-hydrogen) atoms. The Hall–Kier alpha value is -1.71. The molecule has 4 nitrogen and oxygen atoms in total. The maximum absolute atomic E-state index is 11.3. The third kappa shape index (κ3) is 3.00. The molecular weight excluding hydrogens is 240 g/mol. The predicted octanol–water partition coefficient (Wildman–Crippen LogP) is 3.35. The van der Waals surface area contributed by atoms with Crippen LogP contribution in [0, 0.1) is 5.41 Å². The molecule has 0 heterocycles. The molecule has 1 aromatic carbocycles. The Morgan fingerprint density at radius 1 is 1.42 bits per heavy atom. The second-order valence-electron chi connectivity index (χ2n) is 6.04. The van der Waals surface area contributed by atoms with Gasteiger partial charge in [-0.2, -0.15) is 0 Å². The fraction of sp³-hybridized carbons (Fsp3) is 0.533. The van der Waals surface area contributed by atoms with Crippen LogP contribution in [-0.2, 0) is 0 Å². The van der Waals surface area contributed by atoms with E-state index < -0.39 is 5.97 Å². The van der Waals surface area contributed by atoms with Crippen LogP contribution in [0.1, 0.15) is 49.9 Å². The average Bonchev–Trinajstić information content (AvgIpc) is 2.31. The van der Waals surface area contributed by atoms with Crippen LogP contribution < -0.4 is 11.1 Å². The maximum Gasteiger partial charge on any atom is 0.337 e. The van der Waals surface area contributed by atoms with Gasteiger partial charge in [0.05, 0.1) is 11.3 Å². The Morgan fingerprint density at radius 2 is 2.16 bits per heavy atom. The fourth-order valence-corrected chi connectivity index (χ4v) is 2.82. The lowest BCUT2D eigenvalue weighted by Crippen LogP contribution is -2.39. The number of benzene rings is 1. The normalized spacial score (nSPS) is 21.9. The van der Waals surface area contributed by atoms with Gasteiger partial charge in [-0.1, -0.05) is 26.7 Å². The number of hydrogen-bond acceptors (Lipinski definition) is 3. The number of carboxylic acid groups (broad SMARTS) is 1. The molecule has 104 valence electrons. The van der Waals surface area contributed by atoms with Crippen LogP contribution in [0.3, 0.4) is 0 Å². The molecule has 1 saturated carbocycles. The van der Waals surface area contributed by atoms with Crippen LogP contribution in [-0.4, -0.2) is 17.1 Å². The first-order valence-electron chi connectivity index (χ1n) is 6.79. The van der Waals surface area contributed by atoms with Gasteiger partial charge in [0.25, 0.3) is 0 Å². The lowest BCUT2D eigenvalue weighted by molar-refractivity contribution is 0.0697. The van der Waals surface area contributed by atoms with Crippen molar-refractivity contribution in [2.75, 3.05) is 11.1 Å². The number of carboxylic acids is 1. The summed E-state index contributed by atoms with van der Waals surface area (Å²) in [5.41, 5.74) is 7.45. The molecule has 0 bridgehead atoms. The number of rotatable bonds is 3. The van der Waals surface area contributed by atoms with Crippen LogP contribution >= 0.6 is 0 Å². The molecule has 0 spiro atoms. The van der Waals surface area contributed by atoms with Crippen molar-refractivity contribution in [3.63, 3.8) is 0 Å². The molecule has 0 amide bonds. The zero-order valence-electron chi connectivity index (χ0n) is 11.6. The molecular formula is C15H22N2O2. The predicted molar refractivity (Wildman–Crippen MR) is 77.5 cm³/mol. The van der Waals surface area contributed by atoms with E-state index in [-0.39, 0.29) is 11.0 Å². The standard InChI is InChI=1S/C15H22N2O2/c1-15(2)8-4-3-5-13(15)17-12-9-10(16)6-7-11(12)14(18)19/h6-7,9,13,17H,3-5,8,16H2,1-2H3,(H,18,19). The molecule has 0 aliphatic heterocycles. The highest BCUT2D eigenvalue weighted by Crippen LogP contribution is 2.38. The highest BCUT2D eigenvalue weighted by molar-refractivity contribution is 5.95. The first-order chi connectivity index (χ1) is 8.90. The van der Waals surface area contributed by atoms with Crippen LogP contribution in [0.25, 0.3) is 0 Å². The Morgan fingerprint density at radius 3 is 2.79 bits per heavy atom. The molecule has 0 radical (unpaired) electrons. The van der Waals surface area contributed by atoms with Gasteiger partial charge in [0.1, 0.15) is 0 Å². The van der Waals surface area contributed by atoms with Crippen molar-refractivity contribution in [3.8, 4) is 0 Å². The number of nitrogens with one attached hydrogen (secondary N) is 1.